The Kier molecular flexibility index (Phi) is 3.35. The quantitative estimate of drug-likeness (QED) is 0.782. The monoisotopic (exact) mass is 279 g/mol. The van der Waals surface area contributed by atoms with E-state index in [4.69, 9.17) is 9.15 Å². The van der Waals surface area contributed by atoms with Crippen LogP contribution in [0.15, 0.2) is 52.9 Å². The van der Waals surface area contributed by atoms with Crippen LogP contribution in [-0.2, 0) is 0 Å². The van der Waals surface area contributed by atoms with Crippen molar-refractivity contribution in [3.63, 3.8) is 0 Å². The molecule has 0 aliphatic heterocycles. The molecule has 0 radical (unpaired) electrons. The fourth-order valence-electron chi connectivity index (χ4n) is 2.23. The minimum atomic E-state index is -0.662. The maximum Gasteiger partial charge on any atom is 0.247 e. The Morgan fingerprint density at radius 3 is 2.62 bits per heavy atom. The lowest BCUT2D eigenvalue weighted by Crippen LogP contribution is -1.96. The SMILES string of the molecule is CC(O)c1ccccc1Oc1c(C#N)oc2ccccc12. The number of nitrogens with zero attached hydrogens (tertiary/aromatic N) is 1. The van der Waals surface area contributed by atoms with Crippen molar-refractivity contribution in [2.75, 3.05) is 0 Å². The summed E-state index contributed by atoms with van der Waals surface area (Å²) in [6, 6.07) is 16.5. The van der Waals surface area contributed by atoms with Crippen LogP contribution in [0.25, 0.3) is 11.0 Å². The van der Waals surface area contributed by atoms with Gasteiger partial charge in [-0.25, -0.2) is 0 Å². The molecule has 4 nitrogen and oxygen atoms in total. The smallest absolute Gasteiger partial charge is 0.247 e. The van der Waals surface area contributed by atoms with Gasteiger partial charge >= 0.3 is 0 Å². The van der Waals surface area contributed by atoms with Crippen molar-refractivity contribution in [3.05, 3.63) is 59.9 Å². The van der Waals surface area contributed by atoms with Crippen LogP contribution in [0.4, 0.5) is 0 Å². The summed E-state index contributed by atoms with van der Waals surface area (Å²) in [6.07, 6.45) is -0.662. The zero-order valence-corrected chi connectivity index (χ0v) is 11.4. The van der Waals surface area contributed by atoms with E-state index in [0.717, 1.165) is 5.39 Å². The fraction of sp³-hybridized carbons (Fsp3) is 0.118. The molecular formula is C17H13NO3. The third-order valence-electron chi connectivity index (χ3n) is 3.23. The van der Waals surface area contributed by atoms with Gasteiger partial charge in [0, 0.05) is 5.56 Å². The average Bonchev–Trinajstić information content (AvgIpc) is 2.86. The van der Waals surface area contributed by atoms with Crippen LogP contribution < -0.4 is 4.74 Å². The molecule has 0 aliphatic carbocycles. The predicted molar refractivity (Wildman–Crippen MR) is 78.1 cm³/mol. The zero-order chi connectivity index (χ0) is 14.8. The number of furan rings is 1. The summed E-state index contributed by atoms with van der Waals surface area (Å²) in [5.41, 5.74) is 1.25. The highest BCUT2D eigenvalue weighted by Gasteiger charge is 2.18. The highest BCUT2D eigenvalue weighted by Crippen LogP contribution is 2.37. The minimum absolute atomic E-state index is 0.122. The molecule has 0 spiro atoms. The Balaban J connectivity index is 2.13. The second kappa shape index (κ2) is 5.31. The highest BCUT2D eigenvalue weighted by atomic mass is 16.5. The van der Waals surface area contributed by atoms with Gasteiger partial charge in [0.05, 0.1) is 11.5 Å². The first-order valence-electron chi connectivity index (χ1n) is 6.57. The highest BCUT2D eigenvalue weighted by molar-refractivity contribution is 5.86. The number of hydrogen-bond donors (Lipinski definition) is 1. The van der Waals surface area contributed by atoms with Crippen LogP contribution in [0, 0.1) is 11.3 Å². The van der Waals surface area contributed by atoms with Crippen molar-refractivity contribution >= 4 is 11.0 Å². The van der Waals surface area contributed by atoms with Gasteiger partial charge in [-0.15, -0.1) is 0 Å². The lowest BCUT2D eigenvalue weighted by Gasteiger charge is -2.12. The molecule has 1 aromatic heterocycles. The number of aliphatic hydroxyl groups is 1. The molecule has 1 heterocycles. The van der Waals surface area contributed by atoms with Crippen molar-refractivity contribution in [2.45, 2.75) is 13.0 Å². The van der Waals surface area contributed by atoms with Crippen molar-refractivity contribution in [2.24, 2.45) is 0 Å². The largest absolute Gasteiger partial charge is 0.451 e. The molecule has 0 saturated heterocycles. The Morgan fingerprint density at radius 2 is 1.86 bits per heavy atom. The van der Waals surface area contributed by atoms with Crippen molar-refractivity contribution < 1.29 is 14.3 Å². The van der Waals surface area contributed by atoms with E-state index in [-0.39, 0.29) is 5.76 Å². The number of rotatable bonds is 3. The van der Waals surface area contributed by atoms with Gasteiger partial charge in [0.1, 0.15) is 17.4 Å². The zero-order valence-electron chi connectivity index (χ0n) is 11.4. The Bertz CT molecular complexity index is 827. The lowest BCUT2D eigenvalue weighted by atomic mass is 10.1. The Hall–Kier alpha value is -2.77. The fourth-order valence-corrected chi connectivity index (χ4v) is 2.23. The van der Waals surface area contributed by atoms with Gasteiger partial charge in [0.15, 0.2) is 5.75 Å². The summed E-state index contributed by atoms with van der Waals surface area (Å²) in [7, 11) is 0. The van der Waals surface area contributed by atoms with Gasteiger partial charge in [0.25, 0.3) is 0 Å². The molecular weight excluding hydrogens is 266 g/mol. The van der Waals surface area contributed by atoms with Crippen LogP contribution >= 0.6 is 0 Å². The van der Waals surface area contributed by atoms with Crippen molar-refractivity contribution in [3.8, 4) is 17.6 Å². The Morgan fingerprint density at radius 1 is 1.14 bits per heavy atom. The van der Waals surface area contributed by atoms with E-state index in [9.17, 15) is 10.4 Å². The molecule has 104 valence electrons. The molecule has 0 fully saturated rings. The van der Waals surface area contributed by atoms with Gasteiger partial charge in [-0.3, -0.25) is 0 Å². The van der Waals surface area contributed by atoms with E-state index in [2.05, 4.69) is 0 Å². The van der Waals surface area contributed by atoms with Crippen LogP contribution in [-0.4, -0.2) is 5.11 Å². The van der Waals surface area contributed by atoms with Gasteiger partial charge < -0.3 is 14.3 Å². The van der Waals surface area contributed by atoms with Gasteiger partial charge in [-0.1, -0.05) is 30.3 Å². The Labute approximate surface area is 121 Å². The molecule has 3 rings (SSSR count). The van der Waals surface area contributed by atoms with Crippen LogP contribution in [0.2, 0.25) is 0 Å². The number of para-hydroxylation sites is 2. The first kappa shape index (κ1) is 13.2. The normalized spacial score (nSPS) is 12.0. The number of nitriles is 1. The van der Waals surface area contributed by atoms with Gasteiger partial charge in [-0.05, 0) is 25.1 Å². The van der Waals surface area contributed by atoms with E-state index in [1.807, 2.05) is 36.4 Å². The minimum Gasteiger partial charge on any atom is -0.451 e. The molecule has 0 saturated carbocycles. The van der Waals surface area contributed by atoms with E-state index in [1.165, 1.54) is 0 Å². The number of ether oxygens (including phenoxy) is 1. The summed E-state index contributed by atoms with van der Waals surface area (Å²) >= 11 is 0. The standard InChI is InChI=1S/C17H13NO3/c1-11(19)12-6-2-4-8-14(12)21-17-13-7-3-5-9-15(13)20-16(17)10-18/h2-9,11,19H,1H3. The summed E-state index contributed by atoms with van der Waals surface area (Å²) in [5.74, 6) is 1.01. The lowest BCUT2D eigenvalue weighted by molar-refractivity contribution is 0.195. The maximum atomic E-state index is 9.80. The summed E-state index contributed by atoms with van der Waals surface area (Å²) in [6.45, 7) is 1.67. The summed E-state index contributed by atoms with van der Waals surface area (Å²) < 4.78 is 11.3. The van der Waals surface area contributed by atoms with Gasteiger partial charge in [0.2, 0.25) is 5.76 Å². The average molecular weight is 279 g/mol. The molecule has 0 amide bonds. The first-order chi connectivity index (χ1) is 10.2. The number of benzene rings is 2. The predicted octanol–water partition coefficient (Wildman–Crippen LogP) is 4.15. The molecule has 1 atom stereocenters. The van der Waals surface area contributed by atoms with E-state index in [1.54, 1.807) is 25.1 Å². The van der Waals surface area contributed by atoms with Crippen LogP contribution in [0.5, 0.6) is 11.5 Å². The second-order valence-electron chi connectivity index (χ2n) is 4.68. The third kappa shape index (κ3) is 2.35. The summed E-state index contributed by atoms with van der Waals surface area (Å²) in [5, 5.41) is 19.7. The second-order valence-corrected chi connectivity index (χ2v) is 4.68. The molecule has 21 heavy (non-hydrogen) atoms. The van der Waals surface area contributed by atoms with Crippen LogP contribution in [0.1, 0.15) is 24.4 Å². The van der Waals surface area contributed by atoms with E-state index < -0.39 is 6.10 Å². The number of fused-ring (bicyclic) bond motifs is 1. The molecule has 0 aliphatic rings. The van der Waals surface area contributed by atoms with E-state index in [0.29, 0.717) is 22.6 Å². The number of aliphatic hydroxyl groups excluding tert-OH is 1. The third-order valence-corrected chi connectivity index (χ3v) is 3.23. The molecule has 1 N–H and O–H groups in total. The molecule has 3 aromatic rings. The molecule has 2 aromatic carbocycles. The van der Waals surface area contributed by atoms with Crippen molar-refractivity contribution in [1.82, 2.24) is 0 Å². The molecule has 0 bridgehead atoms. The number of hydrogen-bond acceptors (Lipinski definition) is 4. The van der Waals surface area contributed by atoms with Crippen LogP contribution in [0.3, 0.4) is 0 Å². The van der Waals surface area contributed by atoms with Crippen molar-refractivity contribution in [1.29, 1.82) is 5.26 Å². The topological polar surface area (TPSA) is 66.4 Å². The maximum absolute atomic E-state index is 9.80. The first-order valence-corrected chi connectivity index (χ1v) is 6.57. The summed E-state index contributed by atoms with van der Waals surface area (Å²) in [4.78, 5) is 0. The van der Waals surface area contributed by atoms with E-state index >= 15 is 0 Å². The molecule has 4 heteroatoms. The molecule has 1 unspecified atom stereocenters. The van der Waals surface area contributed by atoms with Gasteiger partial charge in [-0.2, -0.15) is 5.26 Å².